The van der Waals surface area contributed by atoms with Crippen molar-refractivity contribution < 1.29 is 0 Å². The van der Waals surface area contributed by atoms with Crippen LogP contribution in [-0.2, 0) is 0 Å². The molecule has 1 N–H and O–H groups in total. The summed E-state index contributed by atoms with van der Waals surface area (Å²) in [5, 5.41) is 4.37. The maximum atomic E-state index is 6.11. The largest absolute Gasteiger partial charge is 0.313 e. The van der Waals surface area contributed by atoms with Crippen molar-refractivity contribution in [3.05, 3.63) is 34.9 Å². The monoisotopic (exact) mass is 296 g/mol. The molecule has 0 amide bonds. The van der Waals surface area contributed by atoms with E-state index in [-0.39, 0.29) is 0 Å². The second-order valence-corrected chi connectivity index (χ2v) is 6.71. The Hall–Kier alpha value is -0.570. The van der Waals surface area contributed by atoms with Crippen LogP contribution in [0.2, 0.25) is 5.02 Å². The quantitative estimate of drug-likeness (QED) is 0.804. The van der Waals surface area contributed by atoms with Gasteiger partial charge in [-0.2, -0.15) is 0 Å². The Labute approximate surface area is 129 Å². The third kappa shape index (κ3) is 5.08. The number of hydrogen-bond acceptors (Lipinski definition) is 2. The Kier molecular flexibility index (Phi) is 7.01. The Morgan fingerprint density at radius 1 is 1.15 bits per heavy atom. The standard InChI is InChI=1S/C17H29ClN2/c1-12(2)17(11-19-13(3)4)20(6)14(5)15-8-7-9-16(18)10-15/h7-10,12-14,17,19H,11H2,1-6H3. The first-order valence-corrected chi connectivity index (χ1v) is 7.91. The summed E-state index contributed by atoms with van der Waals surface area (Å²) in [6, 6.07) is 9.56. The summed E-state index contributed by atoms with van der Waals surface area (Å²) >= 11 is 6.11. The number of halogens is 1. The summed E-state index contributed by atoms with van der Waals surface area (Å²) in [5.41, 5.74) is 1.27. The molecule has 0 aliphatic heterocycles. The van der Waals surface area contributed by atoms with Crippen LogP contribution in [0.3, 0.4) is 0 Å². The zero-order valence-electron chi connectivity index (χ0n) is 13.7. The second kappa shape index (κ2) is 8.02. The van der Waals surface area contributed by atoms with Crippen LogP contribution in [0.5, 0.6) is 0 Å². The number of benzene rings is 1. The van der Waals surface area contributed by atoms with E-state index in [1.165, 1.54) is 5.56 Å². The van der Waals surface area contributed by atoms with Gasteiger partial charge in [-0.15, -0.1) is 0 Å². The van der Waals surface area contributed by atoms with Crippen molar-refractivity contribution in [1.29, 1.82) is 0 Å². The van der Waals surface area contributed by atoms with Crippen LogP contribution in [-0.4, -0.2) is 30.6 Å². The van der Waals surface area contributed by atoms with E-state index < -0.39 is 0 Å². The molecule has 1 aromatic rings. The van der Waals surface area contributed by atoms with Crippen molar-refractivity contribution in [3.8, 4) is 0 Å². The Bertz CT molecular complexity index is 404. The van der Waals surface area contributed by atoms with E-state index in [9.17, 15) is 0 Å². The zero-order valence-corrected chi connectivity index (χ0v) is 14.4. The van der Waals surface area contributed by atoms with Crippen molar-refractivity contribution in [3.63, 3.8) is 0 Å². The fraction of sp³-hybridized carbons (Fsp3) is 0.647. The number of rotatable bonds is 7. The highest BCUT2D eigenvalue weighted by Crippen LogP contribution is 2.25. The lowest BCUT2D eigenvalue weighted by Crippen LogP contribution is -2.46. The summed E-state index contributed by atoms with van der Waals surface area (Å²) in [7, 11) is 2.21. The third-order valence-electron chi connectivity index (χ3n) is 3.97. The predicted molar refractivity (Wildman–Crippen MR) is 89.4 cm³/mol. The SMILES string of the molecule is CC(C)NCC(C(C)C)N(C)C(C)c1cccc(Cl)c1. The lowest BCUT2D eigenvalue weighted by molar-refractivity contribution is 0.140. The highest BCUT2D eigenvalue weighted by Gasteiger charge is 2.23. The maximum Gasteiger partial charge on any atom is 0.0409 e. The molecule has 0 fully saturated rings. The molecule has 0 saturated heterocycles. The number of nitrogens with zero attached hydrogens (tertiary/aromatic N) is 1. The van der Waals surface area contributed by atoms with Crippen LogP contribution in [0.1, 0.15) is 46.2 Å². The van der Waals surface area contributed by atoms with Crippen LogP contribution in [0.15, 0.2) is 24.3 Å². The van der Waals surface area contributed by atoms with Gasteiger partial charge in [0.05, 0.1) is 0 Å². The molecule has 0 aromatic heterocycles. The minimum absolute atomic E-state index is 0.357. The van der Waals surface area contributed by atoms with Gasteiger partial charge in [0, 0.05) is 29.7 Å². The Morgan fingerprint density at radius 2 is 1.80 bits per heavy atom. The van der Waals surface area contributed by atoms with E-state index in [0.29, 0.717) is 24.0 Å². The van der Waals surface area contributed by atoms with Crippen LogP contribution in [0, 0.1) is 5.92 Å². The van der Waals surface area contributed by atoms with Gasteiger partial charge < -0.3 is 5.32 Å². The summed E-state index contributed by atoms with van der Waals surface area (Å²) < 4.78 is 0. The van der Waals surface area contributed by atoms with Gasteiger partial charge in [-0.25, -0.2) is 0 Å². The van der Waals surface area contributed by atoms with Gasteiger partial charge in [0.1, 0.15) is 0 Å². The third-order valence-corrected chi connectivity index (χ3v) is 4.20. The van der Waals surface area contributed by atoms with E-state index in [2.05, 4.69) is 64.0 Å². The van der Waals surface area contributed by atoms with Crippen LogP contribution in [0.4, 0.5) is 0 Å². The first kappa shape index (κ1) is 17.5. The molecule has 0 saturated carbocycles. The Morgan fingerprint density at radius 3 is 2.30 bits per heavy atom. The average molecular weight is 297 g/mol. The highest BCUT2D eigenvalue weighted by atomic mass is 35.5. The van der Waals surface area contributed by atoms with Crippen LogP contribution >= 0.6 is 11.6 Å². The van der Waals surface area contributed by atoms with Crippen LogP contribution in [0.25, 0.3) is 0 Å². The van der Waals surface area contributed by atoms with Gasteiger partial charge in [0.2, 0.25) is 0 Å². The highest BCUT2D eigenvalue weighted by molar-refractivity contribution is 6.30. The lowest BCUT2D eigenvalue weighted by Gasteiger charge is -2.36. The van der Waals surface area contributed by atoms with Gasteiger partial charge in [0.15, 0.2) is 0 Å². The maximum absolute atomic E-state index is 6.11. The van der Waals surface area contributed by atoms with Crippen LogP contribution < -0.4 is 5.32 Å². The molecule has 0 heterocycles. The molecule has 2 atom stereocenters. The molecule has 1 aromatic carbocycles. The van der Waals surface area contributed by atoms with E-state index in [1.807, 2.05) is 12.1 Å². The fourth-order valence-electron chi connectivity index (χ4n) is 2.50. The molecule has 0 radical (unpaired) electrons. The Balaban J connectivity index is 2.80. The molecule has 20 heavy (non-hydrogen) atoms. The van der Waals surface area contributed by atoms with Gasteiger partial charge in [0.25, 0.3) is 0 Å². The first-order valence-electron chi connectivity index (χ1n) is 7.53. The van der Waals surface area contributed by atoms with E-state index >= 15 is 0 Å². The summed E-state index contributed by atoms with van der Waals surface area (Å²) in [5.74, 6) is 0.605. The molecule has 2 unspecified atom stereocenters. The summed E-state index contributed by atoms with van der Waals surface area (Å²) in [4.78, 5) is 2.45. The molecule has 0 aliphatic rings. The van der Waals surface area contributed by atoms with E-state index in [4.69, 9.17) is 11.6 Å². The average Bonchev–Trinajstić information content (AvgIpc) is 2.37. The van der Waals surface area contributed by atoms with Crippen molar-refractivity contribution in [2.24, 2.45) is 5.92 Å². The predicted octanol–water partition coefficient (Wildman–Crippen LogP) is 4.36. The summed E-state index contributed by atoms with van der Waals surface area (Å²) in [6.07, 6.45) is 0. The van der Waals surface area contributed by atoms with Crippen molar-refractivity contribution >= 4 is 11.6 Å². The molecule has 3 heteroatoms. The smallest absolute Gasteiger partial charge is 0.0409 e. The fourth-order valence-corrected chi connectivity index (χ4v) is 2.69. The lowest BCUT2D eigenvalue weighted by atomic mass is 9.98. The number of hydrogen-bond donors (Lipinski definition) is 1. The van der Waals surface area contributed by atoms with Gasteiger partial charge in [-0.1, -0.05) is 51.4 Å². The number of likely N-dealkylation sites (N-methyl/N-ethyl adjacent to an activating group) is 1. The molecule has 2 nitrogen and oxygen atoms in total. The minimum atomic E-state index is 0.357. The minimum Gasteiger partial charge on any atom is -0.313 e. The van der Waals surface area contributed by atoms with E-state index in [1.54, 1.807) is 0 Å². The molecule has 0 bridgehead atoms. The van der Waals surface area contributed by atoms with Crippen molar-refractivity contribution in [1.82, 2.24) is 10.2 Å². The normalized spacial score (nSPS) is 15.1. The van der Waals surface area contributed by atoms with Crippen molar-refractivity contribution in [2.75, 3.05) is 13.6 Å². The van der Waals surface area contributed by atoms with Gasteiger partial charge in [-0.05, 0) is 37.6 Å². The van der Waals surface area contributed by atoms with Gasteiger partial charge in [-0.3, -0.25) is 4.90 Å². The molecule has 0 spiro atoms. The summed E-state index contributed by atoms with van der Waals surface area (Å²) in [6.45, 7) is 12.2. The molecule has 114 valence electrons. The van der Waals surface area contributed by atoms with Gasteiger partial charge >= 0.3 is 0 Å². The molecule has 1 rings (SSSR count). The molecular formula is C17H29ClN2. The zero-order chi connectivity index (χ0) is 15.3. The first-order chi connectivity index (χ1) is 9.32. The van der Waals surface area contributed by atoms with E-state index in [0.717, 1.165) is 11.6 Å². The number of nitrogens with one attached hydrogen (secondary N) is 1. The second-order valence-electron chi connectivity index (χ2n) is 6.27. The topological polar surface area (TPSA) is 15.3 Å². The molecule has 0 aliphatic carbocycles. The molecular weight excluding hydrogens is 268 g/mol. The van der Waals surface area contributed by atoms with Crippen molar-refractivity contribution in [2.45, 2.75) is 52.7 Å².